The van der Waals surface area contributed by atoms with Crippen molar-refractivity contribution in [3.8, 4) is 44.5 Å². The molecule has 0 amide bonds. The summed E-state index contributed by atoms with van der Waals surface area (Å²) < 4.78 is 0. The Morgan fingerprint density at radius 2 is 0.540 bits per heavy atom. The molecule has 0 radical (unpaired) electrons. The van der Waals surface area contributed by atoms with Crippen LogP contribution in [0.2, 0.25) is 0 Å². The molecule has 5 aromatic carbocycles. The average Bonchev–Trinajstić information content (AvgIpc) is 3.68. The van der Waals surface area contributed by atoms with Gasteiger partial charge in [0.25, 0.3) is 0 Å². The van der Waals surface area contributed by atoms with Crippen molar-refractivity contribution in [2.24, 2.45) is 23.7 Å². The highest BCUT2D eigenvalue weighted by molar-refractivity contribution is 5.95. The lowest BCUT2D eigenvalue weighted by Crippen LogP contribution is -2.38. The van der Waals surface area contributed by atoms with Crippen molar-refractivity contribution in [3.05, 3.63) is 129 Å². The van der Waals surface area contributed by atoms with Gasteiger partial charge >= 0.3 is 0 Å². The third-order valence-electron chi connectivity index (χ3n) is 14.6. The van der Waals surface area contributed by atoms with E-state index in [9.17, 15) is 0 Å². The van der Waals surface area contributed by atoms with Crippen LogP contribution in [0.25, 0.3) is 44.5 Å². The molecular formula is C50H54. The molecule has 254 valence electrons. The topological polar surface area (TPSA) is 0 Å². The van der Waals surface area contributed by atoms with E-state index in [0.29, 0.717) is 23.7 Å². The first-order valence-corrected chi connectivity index (χ1v) is 19.4. The SMILES string of the molecule is CC(C)C1(C(C)C)c2cc3c(cc2-c2cc4c(cc21)-c1cc2c(cc1C4(C(C)C)C(C)C)-c1ccccc1C2(C)C)C(C)(C)c1ccccc1-3. The van der Waals surface area contributed by atoms with E-state index in [1.807, 2.05) is 0 Å². The lowest BCUT2D eigenvalue weighted by Gasteiger charge is -2.42. The van der Waals surface area contributed by atoms with Crippen molar-refractivity contribution >= 4 is 0 Å². The largest absolute Gasteiger partial charge is 0.0619 e. The molecule has 0 atom stereocenters. The quantitative estimate of drug-likeness (QED) is 0.181. The zero-order valence-corrected chi connectivity index (χ0v) is 32.4. The molecule has 0 fully saturated rings. The normalized spacial score (nSPS) is 18.6. The fraction of sp³-hybridized carbons (Fsp3) is 0.400. The Kier molecular flexibility index (Phi) is 6.35. The monoisotopic (exact) mass is 654 g/mol. The molecule has 0 bridgehead atoms. The molecule has 0 N–H and O–H groups in total. The van der Waals surface area contributed by atoms with Crippen LogP contribution in [0, 0.1) is 23.7 Å². The molecule has 0 aromatic heterocycles. The molecule has 0 heteroatoms. The number of hydrogen-bond acceptors (Lipinski definition) is 0. The molecular weight excluding hydrogens is 601 g/mol. The van der Waals surface area contributed by atoms with E-state index in [1.54, 1.807) is 11.1 Å². The Morgan fingerprint density at radius 3 is 0.820 bits per heavy atom. The van der Waals surface area contributed by atoms with Gasteiger partial charge in [0.15, 0.2) is 0 Å². The first kappa shape index (κ1) is 32.0. The van der Waals surface area contributed by atoms with Gasteiger partial charge in [-0.3, -0.25) is 0 Å². The summed E-state index contributed by atoms with van der Waals surface area (Å²) in [6, 6.07) is 34.3. The van der Waals surface area contributed by atoms with E-state index in [4.69, 9.17) is 0 Å². The molecule has 0 heterocycles. The zero-order valence-electron chi connectivity index (χ0n) is 32.4. The van der Waals surface area contributed by atoms with E-state index in [-0.39, 0.29) is 21.7 Å². The summed E-state index contributed by atoms with van der Waals surface area (Å²) >= 11 is 0. The van der Waals surface area contributed by atoms with Gasteiger partial charge in [0.1, 0.15) is 0 Å². The maximum absolute atomic E-state index is 2.71. The van der Waals surface area contributed by atoms with Crippen molar-refractivity contribution in [2.45, 2.75) is 105 Å². The molecule has 0 spiro atoms. The molecule has 0 unspecified atom stereocenters. The summed E-state index contributed by atoms with van der Waals surface area (Å²) in [6.07, 6.45) is 0. The van der Waals surface area contributed by atoms with Crippen molar-refractivity contribution < 1.29 is 0 Å². The van der Waals surface area contributed by atoms with Gasteiger partial charge in [-0.15, -0.1) is 0 Å². The maximum atomic E-state index is 2.71. The molecule has 0 saturated carbocycles. The predicted molar refractivity (Wildman–Crippen MR) is 213 cm³/mol. The second kappa shape index (κ2) is 9.91. The summed E-state index contributed by atoms with van der Waals surface area (Å²) in [4.78, 5) is 0. The van der Waals surface area contributed by atoms with Crippen molar-refractivity contribution in [1.82, 2.24) is 0 Å². The average molecular weight is 655 g/mol. The maximum Gasteiger partial charge on any atom is 0.0261 e. The van der Waals surface area contributed by atoms with Crippen LogP contribution in [0.4, 0.5) is 0 Å². The van der Waals surface area contributed by atoms with Gasteiger partial charge in [0.05, 0.1) is 0 Å². The Labute approximate surface area is 301 Å². The highest BCUT2D eigenvalue weighted by atomic mass is 14.6. The van der Waals surface area contributed by atoms with Crippen LogP contribution in [0.1, 0.15) is 128 Å². The van der Waals surface area contributed by atoms with Crippen LogP contribution in [0.15, 0.2) is 84.9 Å². The number of benzene rings is 5. The van der Waals surface area contributed by atoms with Gasteiger partial charge < -0.3 is 0 Å². The minimum atomic E-state index is -0.0797. The second-order valence-corrected chi connectivity index (χ2v) is 18.5. The highest BCUT2D eigenvalue weighted by Crippen LogP contribution is 2.65. The summed E-state index contributed by atoms with van der Waals surface area (Å²) in [7, 11) is 0. The molecule has 0 nitrogen and oxygen atoms in total. The lowest BCUT2D eigenvalue weighted by atomic mass is 9.61. The minimum Gasteiger partial charge on any atom is -0.0619 e. The van der Waals surface area contributed by atoms with Crippen LogP contribution < -0.4 is 0 Å². The minimum absolute atomic E-state index is 0.0295. The van der Waals surface area contributed by atoms with E-state index < -0.39 is 0 Å². The third kappa shape index (κ3) is 3.45. The Hall–Kier alpha value is -3.90. The van der Waals surface area contributed by atoms with Gasteiger partial charge in [-0.05, 0) is 149 Å². The van der Waals surface area contributed by atoms with E-state index in [0.717, 1.165) is 0 Å². The van der Waals surface area contributed by atoms with Crippen molar-refractivity contribution in [1.29, 1.82) is 0 Å². The molecule has 4 aliphatic rings. The number of fused-ring (bicyclic) bond motifs is 12. The van der Waals surface area contributed by atoms with Gasteiger partial charge in [-0.1, -0.05) is 132 Å². The predicted octanol–water partition coefficient (Wildman–Crippen LogP) is 13.5. The molecule has 0 saturated heterocycles. The summed E-state index contributed by atoms with van der Waals surface area (Å²) in [5.74, 6) is 1.77. The molecule has 5 aromatic rings. The Morgan fingerprint density at radius 1 is 0.300 bits per heavy atom. The van der Waals surface area contributed by atoms with Crippen LogP contribution in [-0.2, 0) is 21.7 Å². The van der Waals surface area contributed by atoms with Gasteiger partial charge in [-0.25, -0.2) is 0 Å². The first-order valence-electron chi connectivity index (χ1n) is 19.4. The fourth-order valence-electron chi connectivity index (χ4n) is 12.5. The molecule has 9 rings (SSSR count). The molecule has 0 aliphatic heterocycles. The van der Waals surface area contributed by atoms with Crippen molar-refractivity contribution in [2.75, 3.05) is 0 Å². The Balaban J connectivity index is 1.38. The van der Waals surface area contributed by atoms with Crippen LogP contribution in [0.3, 0.4) is 0 Å². The second-order valence-electron chi connectivity index (χ2n) is 18.5. The summed E-state index contributed by atoms with van der Waals surface area (Å²) in [5, 5.41) is 0. The van der Waals surface area contributed by atoms with E-state index in [2.05, 4.69) is 168 Å². The summed E-state index contributed by atoms with van der Waals surface area (Å²) in [6.45, 7) is 29.5. The summed E-state index contributed by atoms with van der Waals surface area (Å²) in [5.41, 5.74) is 23.4. The third-order valence-corrected chi connectivity index (χ3v) is 14.6. The van der Waals surface area contributed by atoms with Crippen LogP contribution >= 0.6 is 0 Å². The van der Waals surface area contributed by atoms with E-state index in [1.165, 1.54) is 77.9 Å². The fourth-order valence-corrected chi connectivity index (χ4v) is 12.5. The number of rotatable bonds is 4. The van der Waals surface area contributed by atoms with Crippen LogP contribution in [0.5, 0.6) is 0 Å². The van der Waals surface area contributed by atoms with Crippen molar-refractivity contribution in [3.63, 3.8) is 0 Å². The lowest BCUT2D eigenvalue weighted by molar-refractivity contribution is 0.277. The zero-order chi connectivity index (χ0) is 35.4. The standard InChI is InChI=1S/C50H54/c1-27(2)49(28(3)4)43-23-33-31-17-13-15-19-39(31)47(9,10)41(33)21-35(43)37-26-46-38(25-45(37)49)36-22-42-34(24-44(36)50(46,29(5)6)30(7)8)32-18-14-16-20-40(32)48(42,11)12/h13-30H,1-12H3. The van der Waals surface area contributed by atoms with Gasteiger partial charge in [0.2, 0.25) is 0 Å². The molecule has 4 aliphatic carbocycles. The highest BCUT2D eigenvalue weighted by Gasteiger charge is 2.54. The Bertz CT molecular complexity index is 2100. The van der Waals surface area contributed by atoms with Gasteiger partial charge in [0, 0.05) is 21.7 Å². The van der Waals surface area contributed by atoms with E-state index >= 15 is 0 Å². The smallest absolute Gasteiger partial charge is 0.0261 e. The van der Waals surface area contributed by atoms with Gasteiger partial charge in [-0.2, -0.15) is 0 Å². The number of hydrogen-bond donors (Lipinski definition) is 0. The van der Waals surface area contributed by atoms with Crippen LogP contribution in [-0.4, -0.2) is 0 Å². The molecule has 50 heavy (non-hydrogen) atoms. The first-order chi connectivity index (χ1) is 23.6.